The Labute approximate surface area is 172 Å². The zero-order chi connectivity index (χ0) is 21.5. The quantitative estimate of drug-likeness (QED) is 0.477. The lowest BCUT2D eigenvalue weighted by molar-refractivity contribution is -0.177. The van der Waals surface area contributed by atoms with E-state index in [1.54, 1.807) is 13.8 Å². The average Bonchev–Trinajstić information content (AvgIpc) is 2.71. The SMILES string of the molecule is CCC(C)(C)C(=O)OCC(=O)OCC(=O)OC1(c2ccc(C)cc2)CCCCC1. The molecular formula is C23H32O6. The van der Waals surface area contributed by atoms with Crippen molar-refractivity contribution < 1.29 is 28.6 Å². The van der Waals surface area contributed by atoms with Crippen LogP contribution in [0.1, 0.15) is 70.4 Å². The fourth-order valence-electron chi connectivity index (χ4n) is 3.32. The number of benzene rings is 1. The largest absolute Gasteiger partial charge is 0.453 e. The summed E-state index contributed by atoms with van der Waals surface area (Å²) in [6.45, 7) is 6.35. The Morgan fingerprint density at radius 3 is 2.10 bits per heavy atom. The van der Waals surface area contributed by atoms with Crippen LogP contribution in [0.25, 0.3) is 0 Å². The van der Waals surface area contributed by atoms with Gasteiger partial charge in [0.2, 0.25) is 0 Å². The van der Waals surface area contributed by atoms with Crippen molar-refractivity contribution in [3.63, 3.8) is 0 Å². The standard InChI is InChI=1S/C23H32O6/c1-5-22(3,4)21(26)28-15-19(24)27-16-20(25)29-23(13-7-6-8-14-23)18-11-9-17(2)10-12-18/h9-12H,5-8,13-16H2,1-4H3. The van der Waals surface area contributed by atoms with Gasteiger partial charge in [-0.05, 0) is 58.4 Å². The summed E-state index contributed by atoms with van der Waals surface area (Å²) in [5.74, 6) is -1.84. The van der Waals surface area contributed by atoms with Gasteiger partial charge in [0.1, 0.15) is 5.60 Å². The molecule has 6 heteroatoms. The molecule has 0 radical (unpaired) electrons. The molecular weight excluding hydrogens is 372 g/mol. The molecule has 0 aliphatic heterocycles. The molecule has 1 aromatic rings. The highest BCUT2D eigenvalue weighted by Gasteiger charge is 2.38. The van der Waals surface area contributed by atoms with Crippen molar-refractivity contribution in [3.8, 4) is 0 Å². The van der Waals surface area contributed by atoms with E-state index in [9.17, 15) is 14.4 Å². The van der Waals surface area contributed by atoms with Crippen LogP contribution in [0.3, 0.4) is 0 Å². The third kappa shape index (κ3) is 6.31. The molecule has 0 N–H and O–H groups in total. The number of hydrogen-bond acceptors (Lipinski definition) is 6. The summed E-state index contributed by atoms with van der Waals surface area (Å²) in [5.41, 5.74) is 0.771. The smallest absolute Gasteiger partial charge is 0.345 e. The number of ether oxygens (including phenoxy) is 3. The van der Waals surface area contributed by atoms with Crippen molar-refractivity contribution in [1.29, 1.82) is 0 Å². The summed E-state index contributed by atoms with van der Waals surface area (Å²) in [7, 11) is 0. The predicted molar refractivity (Wildman–Crippen MR) is 108 cm³/mol. The van der Waals surface area contributed by atoms with Crippen molar-refractivity contribution in [2.45, 2.75) is 71.8 Å². The first kappa shape index (κ1) is 22.9. The first-order valence-electron chi connectivity index (χ1n) is 10.3. The van der Waals surface area contributed by atoms with Crippen LogP contribution in [0, 0.1) is 12.3 Å². The molecule has 1 aromatic carbocycles. The Bertz CT molecular complexity index is 713. The van der Waals surface area contributed by atoms with E-state index >= 15 is 0 Å². The second-order valence-electron chi connectivity index (χ2n) is 8.37. The lowest BCUT2D eigenvalue weighted by Crippen LogP contribution is -2.36. The Balaban J connectivity index is 1.89. The van der Waals surface area contributed by atoms with E-state index < -0.39 is 42.1 Å². The fourth-order valence-corrected chi connectivity index (χ4v) is 3.32. The zero-order valence-corrected chi connectivity index (χ0v) is 17.9. The van der Waals surface area contributed by atoms with Crippen molar-refractivity contribution in [2.75, 3.05) is 13.2 Å². The highest BCUT2D eigenvalue weighted by atomic mass is 16.6. The summed E-state index contributed by atoms with van der Waals surface area (Å²) in [6.07, 6.45) is 5.15. The van der Waals surface area contributed by atoms with Gasteiger partial charge in [0.05, 0.1) is 5.41 Å². The van der Waals surface area contributed by atoms with Gasteiger partial charge in [-0.25, -0.2) is 9.59 Å². The maximum Gasteiger partial charge on any atom is 0.345 e. The third-order valence-corrected chi connectivity index (χ3v) is 5.66. The number of hydrogen-bond donors (Lipinski definition) is 0. The topological polar surface area (TPSA) is 78.9 Å². The maximum absolute atomic E-state index is 12.4. The van der Waals surface area contributed by atoms with E-state index in [2.05, 4.69) is 0 Å². The van der Waals surface area contributed by atoms with Crippen LogP contribution in [0.15, 0.2) is 24.3 Å². The lowest BCUT2D eigenvalue weighted by atomic mass is 9.79. The van der Waals surface area contributed by atoms with Gasteiger partial charge in [-0.15, -0.1) is 0 Å². The van der Waals surface area contributed by atoms with Crippen LogP contribution in [0.5, 0.6) is 0 Å². The summed E-state index contributed by atoms with van der Waals surface area (Å²) >= 11 is 0. The molecule has 0 saturated heterocycles. The number of aryl methyl sites for hydroxylation is 1. The van der Waals surface area contributed by atoms with E-state index in [1.165, 1.54) is 0 Å². The molecule has 2 rings (SSSR count). The highest BCUT2D eigenvalue weighted by molar-refractivity contribution is 5.81. The Morgan fingerprint density at radius 2 is 1.52 bits per heavy atom. The van der Waals surface area contributed by atoms with Gasteiger partial charge in [0, 0.05) is 0 Å². The van der Waals surface area contributed by atoms with Gasteiger partial charge in [0.25, 0.3) is 0 Å². The van der Waals surface area contributed by atoms with Crippen LogP contribution in [0.2, 0.25) is 0 Å². The Morgan fingerprint density at radius 1 is 0.931 bits per heavy atom. The molecule has 0 atom stereocenters. The van der Waals surface area contributed by atoms with Gasteiger partial charge in [-0.2, -0.15) is 0 Å². The van der Waals surface area contributed by atoms with Gasteiger partial charge >= 0.3 is 17.9 Å². The number of esters is 3. The molecule has 29 heavy (non-hydrogen) atoms. The second kappa shape index (κ2) is 9.90. The Kier molecular flexibility index (Phi) is 7.82. The number of carbonyl (C=O) groups excluding carboxylic acids is 3. The van der Waals surface area contributed by atoms with Gasteiger partial charge < -0.3 is 14.2 Å². The predicted octanol–water partition coefficient (Wildman–Crippen LogP) is 4.22. The van der Waals surface area contributed by atoms with Crippen LogP contribution in [-0.4, -0.2) is 31.1 Å². The third-order valence-electron chi connectivity index (χ3n) is 5.66. The number of rotatable bonds is 8. The molecule has 160 valence electrons. The molecule has 0 aromatic heterocycles. The van der Waals surface area contributed by atoms with Crippen LogP contribution < -0.4 is 0 Å². The first-order chi connectivity index (χ1) is 13.7. The van der Waals surface area contributed by atoms with Crippen molar-refractivity contribution >= 4 is 17.9 Å². The first-order valence-corrected chi connectivity index (χ1v) is 10.3. The zero-order valence-electron chi connectivity index (χ0n) is 17.9. The van der Waals surface area contributed by atoms with Gasteiger partial charge in [-0.3, -0.25) is 4.79 Å². The molecule has 1 aliphatic rings. The summed E-state index contributed by atoms with van der Waals surface area (Å²) in [6, 6.07) is 8.00. The van der Waals surface area contributed by atoms with Crippen molar-refractivity contribution in [3.05, 3.63) is 35.4 Å². The van der Waals surface area contributed by atoms with Gasteiger partial charge in [0.15, 0.2) is 13.2 Å². The van der Waals surface area contributed by atoms with E-state index in [4.69, 9.17) is 14.2 Å². The van der Waals surface area contributed by atoms with Crippen molar-refractivity contribution in [1.82, 2.24) is 0 Å². The highest BCUT2D eigenvalue weighted by Crippen LogP contribution is 2.40. The molecule has 6 nitrogen and oxygen atoms in total. The molecule has 1 saturated carbocycles. The molecule has 1 fully saturated rings. The van der Waals surface area contributed by atoms with Crippen LogP contribution in [-0.2, 0) is 34.2 Å². The van der Waals surface area contributed by atoms with Crippen LogP contribution >= 0.6 is 0 Å². The van der Waals surface area contributed by atoms with E-state index in [1.807, 2.05) is 38.1 Å². The molecule has 0 bridgehead atoms. The lowest BCUT2D eigenvalue weighted by Gasteiger charge is -2.37. The molecule has 1 aliphatic carbocycles. The molecule has 0 spiro atoms. The molecule has 0 heterocycles. The minimum Gasteiger partial charge on any atom is -0.453 e. The van der Waals surface area contributed by atoms with Gasteiger partial charge in [-0.1, -0.05) is 43.2 Å². The molecule has 0 unspecified atom stereocenters. The van der Waals surface area contributed by atoms with E-state index in [0.717, 1.165) is 43.2 Å². The minimum atomic E-state index is -0.768. The summed E-state index contributed by atoms with van der Waals surface area (Å²) in [5, 5.41) is 0. The average molecular weight is 405 g/mol. The van der Waals surface area contributed by atoms with E-state index in [0.29, 0.717) is 6.42 Å². The van der Waals surface area contributed by atoms with E-state index in [-0.39, 0.29) is 0 Å². The fraction of sp³-hybridized carbons (Fsp3) is 0.609. The summed E-state index contributed by atoms with van der Waals surface area (Å²) < 4.78 is 15.8. The normalized spacial score (nSPS) is 16.0. The van der Waals surface area contributed by atoms with Crippen LogP contribution in [0.4, 0.5) is 0 Å². The number of carbonyl (C=O) groups is 3. The van der Waals surface area contributed by atoms with Crippen molar-refractivity contribution in [2.24, 2.45) is 5.41 Å². The minimum absolute atomic E-state index is 0.472. The maximum atomic E-state index is 12.4. The molecule has 0 amide bonds. The Hall–Kier alpha value is -2.37. The second-order valence-corrected chi connectivity index (χ2v) is 8.37. The summed E-state index contributed by atoms with van der Waals surface area (Å²) in [4.78, 5) is 36.1. The monoisotopic (exact) mass is 404 g/mol.